The quantitative estimate of drug-likeness (QED) is 0.689. The molecule has 2 heterocycles. The largest absolute Gasteiger partial charge is 0.368 e. The smallest absolute Gasteiger partial charge is 0.194 e. The van der Waals surface area contributed by atoms with E-state index in [0.29, 0.717) is 6.54 Å². The highest BCUT2D eigenvalue weighted by molar-refractivity contribution is 5.80. The molecule has 3 rings (SSSR count). The number of nitrogens with zero attached hydrogens (tertiary/aromatic N) is 4. The van der Waals surface area contributed by atoms with Crippen LogP contribution in [0.5, 0.6) is 0 Å². The van der Waals surface area contributed by atoms with Crippen LogP contribution in [0.25, 0.3) is 0 Å². The molecule has 0 amide bonds. The van der Waals surface area contributed by atoms with Crippen molar-refractivity contribution in [2.24, 2.45) is 4.99 Å². The maximum atomic E-state index is 4.84. The van der Waals surface area contributed by atoms with Gasteiger partial charge in [0.15, 0.2) is 5.96 Å². The third-order valence-electron chi connectivity index (χ3n) is 3.83. The summed E-state index contributed by atoms with van der Waals surface area (Å²) in [6.07, 6.45) is 1.58. The molecule has 0 spiro atoms. The van der Waals surface area contributed by atoms with Crippen molar-refractivity contribution in [1.29, 1.82) is 0 Å². The predicted octanol–water partition coefficient (Wildman–Crippen LogP) is 1.57. The Morgan fingerprint density at radius 1 is 1.18 bits per heavy atom. The molecule has 116 valence electrons. The Morgan fingerprint density at radius 2 is 1.95 bits per heavy atom. The standard InChI is InChI=1S/C16H21N5O/c1-17-16(18-13-14-7-12-22-19-14)21-10-8-20(9-11-21)15-5-3-2-4-6-15/h2-7,12H,8-11,13H2,1H3,(H,17,18). The molecule has 0 saturated carbocycles. The predicted molar refractivity (Wildman–Crippen MR) is 86.9 cm³/mol. The highest BCUT2D eigenvalue weighted by Gasteiger charge is 2.19. The van der Waals surface area contributed by atoms with E-state index in [-0.39, 0.29) is 0 Å². The van der Waals surface area contributed by atoms with Crippen molar-refractivity contribution >= 4 is 11.6 Å². The summed E-state index contributed by atoms with van der Waals surface area (Å²) in [5.41, 5.74) is 2.16. The molecule has 1 aromatic heterocycles. The zero-order chi connectivity index (χ0) is 15.2. The molecule has 2 aromatic rings. The van der Waals surface area contributed by atoms with Gasteiger partial charge in [-0.1, -0.05) is 23.4 Å². The lowest BCUT2D eigenvalue weighted by molar-refractivity contribution is 0.370. The van der Waals surface area contributed by atoms with E-state index in [4.69, 9.17) is 4.52 Å². The molecule has 6 nitrogen and oxygen atoms in total. The van der Waals surface area contributed by atoms with Gasteiger partial charge in [-0.3, -0.25) is 4.99 Å². The fourth-order valence-corrected chi connectivity index (χ4v) is 2.65. The minimum absolute atomic E-state index is 0.627. The van der Waals surface area contributed by atoms with Gasteiger partial charge in [-0.25, -0.2) is 0 Å². The lowest BCUT2D eigenvalue weighted by Gasteiger charge is -2.37. The number of aliphatic imine (C=N–C) groups is 1. The minimum Gasteiger partial charge on any atom is -0.368 e. The van der Waals surface area contributed by atoms with Crippen LogP contribution >= 0.6 is 0 Å². The molecule has 1 aliphatic rings. The third kappa shape index (κ3) is 3.39. The molecule has 0 atom stereocenters. The zero-order valence-corrected chi connectivity index (χ0v) is 12.8. The summed E-state index contributed by atoms with van der Waals surface area (Å²) in [5.74, 6) is 0.913. The Labute approximate surface area is 130 Å². The van der Waals surface area contributed by atoms with Gasteiger partial charge in [0.2, 0.25) is 0 Å². The number of piperazine rings is 1. The van der Waals surface area contributed by atoms with E-state index < -0.39 is 0 Å². The van der Waals surface area contributed by atoms with Crippen molar-refractivity contribution in [1.82, 2.24) is 15.4 Å². The average molecular weight is 299 g/mol. The lowest BCUT2D eigenvalue weighted by atomic mass is 10.2. The summed E-state index contributed by atoms with van der Waals surface area (Å²) in [6, 6.07) is 12.4. The van der Waals surface area contributed by atoms with Crippen LogP contribution in [-0.4, -0.2) is 49.2 Å². The van der Waals surface area contributed by atoms with Crippen molar-refractivity contribution in [3.63, 3.8) is 0 Å². The van der Waals surface area contributed by atoms with E-state index in [1.807, 2.05) is 13.1 Å². The summed E-state index contributed by atoms with van der Waals surface area (Å²) in [7, 11) is 1.81. The highest BCUT2D eigenvalue weighted by atomic mass is 16.5. The second-order valence-corrected chi connectivity index (χ2v) is 5.20. The van der Waals surface area contributed by atoms with Crippen LogP contribution in [0.15, 0.2) is 52.2 Å². The van der Waals surface area contributed by atoms with Crippen molar-refractivity contribution < 1.29 is 4.52 Å². The Balaban J connectivity index is 1.53. The van der Waals surface area contributed by atoms with Crippen LogP contribution in [0, 0.1) is 0 Å². The fourth-order valence-electron chi connectivity index (χ4n) is 2.65. The van der Waals surface area contributed by atoms with Gasteiger partial charge in [-0.05, 0) is 12.1 Å². The van der Waals surface area contributed by atoms with Crippen LogP contribution in [0.3, 0.4) is 0 Å². The third-order valence-corrected chi connectivity index (χ3v) is 3.83. The van der Waals surface area contributed by atoms with E-state index in [1.54, 1.807) is 6.26 Å². The number of nitrogens with one attached hydrogen (secondary N) is 1. The number of hydrogen-bond acceptors (Lipinski definition) is 4. The number of rotatable bonds is 3. The Hall–Kier alpha value is -2.50. The van der Waals surface area contributed by atoms with Gasteiger partial charge in [0.05, 0.1) is 6.54 Å². The number of aromatic nitrogens is 1. The number of guanidine groups is 1. The first-order valence-corrected chi connectivity index (χ1v) is 7.51. The molecular weight excluding hydrogens is 278 g/mol. The first kappa shape index (κ1) is 14.4. The van der Waals surface area contributed by atoms with Crippen molar-refractivity contribution in [3.05, 3.63) is 48.4 Å². The summed E-state index contributed by atoms with van der Waals surface area (Å²) < 4.78 is 4.84. The monoisotopic (exact) mass is 299 g/mol. The van der Waals surface area contributed by atoms with Crippen LogP contribution in [-0.2, 0) is 6.54 Å². The summed E-state index contributed by atoms with van der Waals surface area (Å²) in [5, 5.41) is 7.23. The molecule has 1 saturated heterocycles. The first-order valence-electron chi connectivity index (χ1n) is 7.51. The summed E-state index contributed by atoms with van der Waals surface area (Å²) >= 11 is 0. The number of anilines is 1. The van der Waals surface area contributed by atoms with Crippen molar-refractivity contribution in [2.75, 3.05) is 38.1 Å². The summed E-state index contributed by atoms with van der Waals surface area (Å²) in [6.45, 7) is 4.52. The topological polar surface area (TPSA) is 56.9 Å². The molecule has 0 bridgehead atoms. The summed E-state index contributed by atoms with van der Waals surface area (Å²) in [4.78, 5) is 9.04. The van der Waals surface area contributed by atoms with Crippen LogP contribution in [0.4, 0.5) is 5.69 Å². The number of para-hydroxylation sites is 1. The normalized spacial score (nSPS) is 16.0. The Morgan fingerprint density at radius 3 is 2.59 bits per heavy atom. The van der Waals surface area contributed by atoms with Crippen LogP contribution < -0.4 is 10.2 Å². The molecule has 1 fully saturated rings. The van der Waals surface area contributed by atoms with E-state index in [1.165, 1.54) is 5.69 Å². The van der Waals surface area contributed by atoms with Crippen LogP contribution in [0.2, 0.25) is 0 Å². The maximum Gasteiger partial charge on any atom is 0.194 e. The SMILES string of the molecule is CN=C(NCc1ccon1)N1CCN(c2ccccc2)CC1. The second-order valence-electron chi connectivity index (χ2n) is 5.20. The van der Waals surface area contributed by atoms with Crippen molar-refractivity contribution in [2.45, 2.75) is 6.54 Å². The average Bonchev–Trinajstić information content (AvgIpc) is 3.10. The van der Waals surface area contributed by atoms with Gasteiger partial charge < -0.3 is 19.6 Å². The molecule has 0 unspecified atom stereocenters. The van der Waals surface area contributed by atoms with Gasteiger partial charge in [-0.2, -0.15) is 0 Å². The highest BCUT2D eigenvalue weighted by Crippen LogP contribution is 2.15. The molecular formula is C16H21N5O. The molecule has 0 radical (unpaired) electrons. The number of hydrogen-bond donors (Lipinski definition) is 1. The molecule has 0 aliphatic carbocycles. The first-order chi connectivity index (χ1) is 10.9. The van der Waals surface area contributed by atoms with Gasteiger partial charge in [0.1, 0.15) is 12.0 Å². The minimum atomic E-state index is 0.627. The van der Waals surface area contributed by atoms with E-state index >= 15 is 0 Å². The van der Waals surface area contributed by atoms with Gasteiger partial charge >= 0.3 is 0 Å². The maximum absolute atomic E-state index is 4.84. The Bertz CT molecular complexity index is 588. The molecule has 22 heavy (non-hydrogen) atoms. The molecule has 1 aromatic carbocycles. The van der Waals surface area contributed by atoms with Gasteiger partial charge in [0, 0.05) is 45.0 Å². The molecule has 1 N–H and O–H groups in total. The van der Waals surface area contributed by atoms with Gasteiger partial charge in [-0.15, -0.1) is 0 Å². The fraction of sp³-hybridized carbons (Fsp3) is 0.375. The Kier molecular flexibility index (Phi) is 4.58. The van der Waals surface area contributed by atoms with E-state index in [9.17, 15) is 0 Å². The van der Waals surface area contributed by atoms with Crippen molar-refractivity contribution in [3.8, 4) is 0 Å². The molecule has 6 heteroatoms. The van der Waals surface area contributed by atoms with E-state index in [2.05, 4.69) is 55.6 Å². The zero-order valence-electron chi connectivity index (χ0n) is 12.8. The van der Waals surface area contributed by atoms with Gasteiger partial charge in [0.25, 0.3) is 0 Å². The lowest BCUT2D eigenvalue weighted by Crippen LogP contribution is -2.52. The van der Waals surface area contributed by atoms with Crippen LogP contribution in [0.1, 0.15) is 5.69 Å². The second kappa shape index (κ2) is 6.98. The number of benzene rings is 1. The van der Waals surface area contributed by atoms with E-state index in [0.717, 1.165) is 37.8 Å². The molecule has 1 aliphatic heterocycles.